The van der Waals surface area contributed by atoms with Crippen LogP contribution >= 0.6 is 0 Å². The van der Waals surface area contributed by atoms with Gasteiger partial charge < -0.3 is 0 Å². The fourth-order valence-electron chi connectivity index (χ4n) is 1.38. The molecule has 2 aliphatic rings. The lowest BCUT2D eigenvalue weighted by Crippen LogP contribution is -2.20. The van der Waals surface area contributed by atoms with Gasteiger partial charge in [0.2, 0.25) is 0 Å². The minimum atomic E-state index is 0.269. The lowest BCUT2D eigenvalue weighted by molar-refractivity contribution is 0.595. The molecule has 2 unspecified atom stereocenters. The van der Waals surface area contributed by atoms with Crippen LogP contribution in [0.2, 0.25) is 0 Å². The van der Waals surface area contributed by atoms with Crippen LogP contribution in [-0.2, 0) is 0 Å². The first-order chi connectivity index (χ1) is 5.38. The minimum absolute atomic E-state index is 0.269. The second-order valence-electron chi connectivity index (χ2n) is 2.86. The van der Waals surface area contributed by atoms with E-state index in [-0.39, 0.29) is 6.04 Å². The average molecular weight is 146 g/mol. The summed E-state index contributed by atoms with van der Waals surface area (Å²) < 4.78 is 0. The Morgan fingerprint density at radius 2 is 2.27 bits per heavy atom. The van der Waals surface area contributed by atoms with Gasteiger partial charge in [-0.1, -0.05) is 19.1 Å². The topological polar surface area (TPSA) is 24.7 Å². The summed E-state index contributed by atoms with van der Waals surface area (Å²) in [7, 11) is 0. The summed E-state index contributed by atoms with van der Waals surface area (Å²) in [6.07, 6.45) is 9.75. The van der Waals surface area contributed by atoms with Gasteiger partial charge in [0.25, 0.3) is 0 Å². The van der Waals surface area contributed by atoms with Crippen LogP contribution in [0.3, 0.4) is 0 Å². The molecule has 2 rings (SSSR count). The smallest absolute Gasteiger partial charge is 0.0979 e. The van der Waals surface area contributed by atoms with Crippen molar-refractivity contribution in [3.8, 4) is 0 Å². The molecular weight excluding hydrogens is 136 g/mol. The van der Waals surface area contributed by atoms with Crippen LogP contribution in [-0.4, -0.2) is 18.5 Å². The van der Waals surface area contributed by atoms with Gasteiger partial charge in [-0.25, -0.2) is 0 Å². The van der Waals surface area contributed by atoms with Crippen LogP contribution in [0.5, 0.6) is 0 Å². The summed E-state index contributed by atoms with van der Waals surface area (Å²) in [6.45, 7) is 2.16. The van der Waals surface area contributed by atoms with Gasteiger partial charge in [-0.05, 0) is 6.08 Å². The molecule has 2 nitrogen and oxygen atoms in total. The van der Waals surface area contributed by atoms with E-state index in [0.717, 1.165) is 5.70 Å². The largest absolute Gasteiger partial charge is 0.281 e. The quantitative estimate of drug-likeness (QED) is 0.496. The van der Waals surface area contributed by atoms with E-state index in [2.05, 4.69) is 29.1 Å². The lowest BCUT2D eigenvalue weighted by Gasteiger charge is -2.22. The Hall–Kier alpha value is -1.18. The standard InChI is InChI=1S/C9H10N2/c1-7-3-2-4-8-9(7)11-6-5-10-8/h2-7,9H,1H3. The normalized spacial score (nSPS) is 33.4. The number of nitrogens with zero attached hydrogens (tertiary/aromatic N) is 2. The predicted molar refractivity (Wildman–Crippen MR) is 47.2 cm³/mol. The predicted octanol–water partition coefficient (Wildman–Crippen LogP) is 1.60. The van der Waals surface area contributed by atoms with Crippen molar-refractivity contribution in [2.75, 3.05) is 0 Å². The van der Waals surface area contributed by atoms with Gasteiger partial charge in [-0.2, -0.15) is 0 Å². The minimum Gasteiger partial charge on any atom is -0.281 e. The summed E-state index contributed by atoms with van der Waals surface area (Å²) in [4.78, 5) is 8.58. The Bertz CT molecular complexity index is 271. The van der Waals surface area contributed by atoms with E-state index in [1.807, 2.05) is 6.08 Å². The van der Waals surface area contributed by atoms with Crippen LogP contribution in [0.4, 0.5) is 0 Å². The van der Waals surface area contributed by atoms with Crippen molar-refractivity contribution in [1.29, 1.82) is 0 Å². The lowest BCUT2D eigenvalue weighted by atomic mass is 9.94. The first-order valence-electron chi connectivity index (χ1n) is 3.82. The van der Waals surface area contributed by atoms with Gasteiger partial charge in [0.05, 0.1) is 11.7 Å². The maximum atomic E-state index is 4.34. The number of rotatable bonds is 0. The van der Waals surface area contributed by atoms with Crippen molar-refractivity contribution in [3.63, 3.8) is 0 Å². The molecule has 0 aromatic carbocycles. The molecule has 1 heterocycles. The first kappa shape index (κ1) is 6.53. The molecular formula is C9H10N2. The summed E-state index contributed by atoms with van der Waals surface area (Å²) in [5.41, 5.74) is 1.09. The number of allylic oxidation sites excluding steroid dienone is 2. The van der Waals surface area contributed by atoms with E-state index in [1.165, 1.54) is 0 Å². The number of hydrogen-bond donors (Lipinski definition) is 0. The Balaban J connectivity index is 2.35. The molecule has 0 bridgehead atoms. The van der Waals surface area contributed by atoms with Gasteiger partial charge in [-0.3, -0.25) is 9.98 Å². The molecule has 0 saturated carbocycles. The van der Waals surface area contributed by atoms with Crippen molar-refractivity contribution in [2.45, 2.75) is 13.0 Å². The molecule has 1 aliphatic carbocycles. The van der Waals surface area contributed by atoms with E-state index in [9.17, 15) is 0 Å². The summed E-state index contributed by atoms with van der Waals surface area (Å²) in [5, 5.41) is 0. The maximum absolute atomic E-state index is 4.34. The highest BCUT2D eigenvalue weighted by Gasteiger charge is 2.20. The van der Waals surface area contributed by atoms with Crippen LogP contribution in [0, 0.1) is 5.92 Å². The van der Waals surface area contributed by atoms with Gasteiger partial charge in [0.15, 0.2) is 0 Å². The third kappa shape index (κ3) is 1.04. The number of hydrogen-bond acceptors (Lipinski definition) is 2. The molecule has 1 aliphatic heterocycles. The van der Waals surface area contributed by atoms with Gasteiger partial charge in [0.1, 0.15) is 0 Å². The van der Waals surface area contributed by atoms with Crippen LogP contribution in [0.1, 0.15) is 6.92 Å². The second kappa shape index (κ2) is 2.46. The van der Waals surface area contributed by atoms with Gasteiger partial charge in [-0.15, -0.1) is 0 Å². The fraction of sp³-hybridized carbons (Fsp3) is 0.333. The molecule has 0 amide bonds. The number of aliphatic imine (C=N–C) groups is 2. The van der Waals surface area contributed by atoms with Crippen molar-refractivity contribution in [2.24, 2.45) is 15.9 Å². The molecule has 0 aromatic rings. The third-order valence-corrected chi connectivity index (χ3v) is 2.02. The number of fused-ring (bicyclic) bond motifs is 1. The van der Waals surface area contributed by atoms with Crippen LogP contribution in [0.25, 0.3) is 0 Å². The van der Waals surface area contributed by atoms with E-state index in [0.29, 0.717) is 5.92 Å². The average Bonchev–Trinajstić information content (AvgIpc) is 2.06. The second-order valence-corrected chi connectivity index (χ2v) is 2.86. The molecule has 2 heteroatoms. The Morgan fingerprint density at radius 1 is 1.36 bits per heavy atom. The zero-order valence-corrected chi connectivity index (χ0v) is 6.44. The van der Waals surface area contributed by atoms with Crippen molar-refractivity contribution >= 4 is 12.4 Å². The molecule has 0 spiro atoms. The van der Waals surface area contributed by atoms with E-state index < -0.39 is 0 Å². The Morgan fingerprint density at radius 3 is 3.09 bits per heavy atom. The van der Waals surface area contributed by atoms with Crippen molar-refractivity contribution < 1.29 is 0 Å². The zero-order valence-electron chi connectivity index (χ0n) is 6.44. The van der Waals surface area contributed by atoms with Gasteiger partial charge >= 0.3 is 0 Å². The van der Waals surface area contributed by atoms with Crippen molar-refractivity contribution in [3.05, 3.63) is 23.9 Å². The Kier molecular flexibility index (Phi) is 1.46. The molecule has 0 N–H and O–H groups in total. The highest BCUT2D eigenvalue weighted by Crippen LogP contribution is 2.23. The van der Waals surface area contributed by atoms with E-state index in [4.69, 9.17) is 0 Å². The fourth-order valence-corrected chi connectivity index (χ4v) is 1.38. The summed E-state index contributed by atoms with van der Waals surface area (Å²) in [5.74, 6) is 0.490. The van der Waals surface area contributed by atoms with Crippen LogP contribution in [0.15, 0.2) is 33.9 Å². The summed E-state index contributed by atoms with van der Waals surface area (Å²) in [6, 6.07) is 0.269. The molecule has 0 aromatic heterocycles. The van der Waals surface area contributed by atoms with Crippen LogP contribution < -0.4 is 0 Å². The van der Waals surface area contributed by atoms with Gasteiger partial charge in [0, 0.05) is 18.3 Å². The Labute approximate surface area is 66.1 Å². The zero-order chi connectivity index (χ0) is 7.68. The first-order valence-corrected chi connectivity index (χ1v) is 3.82. The highest BCUT2D eigenvalue weighted by atomic mass is 14.9. The molecule has 0 saturated heterocycles. The highest BCUT2D eigenvalue weighted by molar-refractivity contribution is 6.17. The summed E-state index contributed by atoms with van der Waals surface area (Å²) >= 11 is 0. The van der Waals surface area contributed by atoms with Crippen molar-refractivity contribution in [1.82, 2.24) is 0 Å². The molecule has 0 radical (unpaired) electrons. The molecule has 0 fully saturated rings. The maximum Gasteiger partial charge on any atom is 0.0979 e. The molecule has 56 valence electrons. The van der Waals surface area contributed by atoms with E-state index >= 15 is 0 Å². The molecule has 2 atom stereocenters. The van der Waals surface area contributed by atoms with E-state index in [1.54, 1.807) is 12.4 Å². The third-order valence-electron chi connectivity index (χ3n) is 2.02. The monoisotopic (exact) mass is 146 g/mol. The SMILES string of the molecule is CC1C=CC=C2N=CC=NC21. The molecule has 11 heavy (non-hydrogen) atoms.